The molecular weight excluding hydrogens is 218 g/mol. The van der Waals surface area contributed by atoms with Crippen LogP contribution in [-0.2, 0) is 13.6 Å². The Kier molecular flexibility index (Phi) is 3.47. The fraction of sp³-hybridized carbons (Fsp3) is 0.667. The largest absolute Gasteiger partial charge is 0.478 e. The maximum atomic E-state index is 11.0. The van der Waals surface area contributed by atoms with E-state index in [4.69, 9.17) is 5.11 Å². The van der Waals surface area contributed by atoms with E-state index in [0.29, 0.717) is 18.2 Å². The molecule has 0 amide bonds. The van der Waals surface area contributed by atoms with Crippen LogP contribution in [0.5, 0.6) is 0 Å². The highest BCUT2D eigenvalue weighted by molar-refractivity contribution is 5.88. The molecule has 0 spiro atoms. The molecule has 94 valence electrons. The van der Waals surface area contributed by atoms with Gasteiger partial charge in [0, 0.05) is 19.6 Å². The summed E-state index contributed by atoms with van der Waals surface area (Å²) in [5.74, 6) is -0.132. The standard InChI is InChI=1S/C12H19N3O2/c1-8-3-4-9(5-8)13-7-11-10(12(16)17)6-14-15(11)2/h6,8-9,13H,3-5,7H2,1-2H3,(H,16,17). The van der Waals surface area contributed by atoms with Gasteiger partial charge in [0.15, 0.2) is 0 Å². The van der Waals surface area contributed by atoms with Crippen molar-refractivity contribution >= 4 is 5.97 Å². The van der Waals surface area contributed by atoms with Crippen molar-refractivity contribution in [3.8, 4) is 0 Å². The molecule has 1 fully saturated rings. The van der Waals surface area contributed by atoms with Crippen LogP contribution in [0.15, 0.2) is 6.20 Å². The second-order valence-electron chi connectivity index (χ2n) is 4.93. The van der Waals surface area contributed by atoms with Crippen molar-refractivity contribution in [3.05, 3.63) is 17.5 Å². The number of hydrogen-bond acceptors (Lipinski definition) is 3. The lowest BCUT2D eigenvalue weighted by molar-refractivity contribution is 0.0695. The predicted molar refractivity (Wildman–Crippen MR) is 63.8 cm³/mol. The molecule has 2 unspecified atom stereocenters. The molecule has 17 heavy (non-hydrogen) atoms. The molecule has 1 aromatic rings. The molecule has 2 rings (SSSR count). The van der Waals surface area contributed by atoms with Crippen LogP contribution >= 0.6 is 0 Å². The van der Waals surface area contributed by atoms with Crippen LogP contribution in [0.2, 0.25) is 0 Å². The molecule has 0 saturated heterocycles. The fourth-order valence-corrected chi connectivity index (χ4v) is 2.48. The van der Waals surface area contributed by atoms with Gasteiger partial charge in [-0.3, -0.25) is 4.68 Å². The van der Waals surface area contributed by atoms with Crippen LogP contribution in [0.4, 0.5) is 0 Å². The smallest absolute Gasteiger partial charge is 0.339 e. The van der Waals surface area contributed by atoms with E-state index in [1.165, 1.54) is 25.5 Å². The van der Waals surface area contributed by atoms with E-state index in [1.54, 1.807) is 11.7 Å². The molecule has 2 atom stereocenters. The quantitative estimate of drug-likeness (QED) is 0.830. The van der Waals surface area contributed by atoms with Crippen LogP contribution in [0, 0.1) is 5.92 Å². The minimum Gasteiger partial charge on any atom is -0.478 e. The molecule has 5 nitrogen and oxygen atoms in total. The molecule has 0 radical (unpaired) electrons. The molecule has 1 heterocycles. The summed E-state index contributed by atoms with van der Waals surface area (Å²) in [4.78, 5) is 11.0. The van der Waals surface area contributed by atoms with Crippen molar-refractivity contribution in [1.82, 2.24) is 15.1 Å². The highest BCUT2D eigenvalue weighted by Crippen LogP contribution is 2.24. The minimum absolute atomic E-state index is 0.297. The van der Waals surface area contributed by atoms with E-state index in [0.717, 1.165) is 11.6 Å². The van der Waals surface area contributed by atoms with E-state index in [9.17, 15) is 4.79 Å². The Morgan fingerprint density at radius 3 is 3.00 bits per heavy atom. The first kappa shape index (κ1) is 12.1. The van der Waals surface area contributed by atoms with Gasteiger partial charge in [0.05, 0.1) is 11.9 Å². The molecule has 1 aliphatic rings. The molecule has 2 N–H and O–H groups in total. The highest BCUT2D eigenvalue weighted by atomic mass is 16.4. The van der Waals surface area contributed by atoms with Gasteiger partial charge in [-0.2, -0.15) is 5.10 Å². The third kappa shape index (κ3) is 2.66. The number of aromatic carboxylic acids is 1. The number of rotatable bonds is 4. The van der Waals surface area contributed by atoms with Gasteiger partial charge in [-0.1, -0.05) is 6.92 Å². The zero-order chi connectivity index (χ0) is 12.4. The van der Waals surface area contributed by atoms with Crippen LogP contribution in [0.3, 0.4) is 0 Å². The maximum absolute atomic E-state index is 11.0. The molecule has 0 aliphatic heterocycles. The van der Waals surface area contributed by atoms with Gasteiger partial charge in [-0.15, -0.1) is 0 Å². The van der Waals surface area contributed by atoms with E-state index in [1.807, 2.05) is 0 Å². The summed E-state index contributed by atoms with van der Waals surface area (Å²) < 4.78 is 1.63. The molecule has 0 aromatic carbocycles. The van der Waals surface area contributed by atoms with Gasteiger partial charge in [0.25, 0.3) is 0 Å². The number of carbonyl (C=O) groups is 1. The Morgan fingerprint density at radius 2 is 2.41 bits per heavy atom. The highest BCUT2D eigenvalue weighted by Gasteiger charge is 2.22. The molecule has 0 bridgehead atoms. The Morgan fingerprint density at radius 1 is 1.65 bits per heavy atom. The minimum atomic E-state index is -0.908. The van der Waals surface area contributed by atoms with Gasteiger partial charge >= 0.3 is 5.97 Å². The molecule has 5 heteroatoms. The van der Waals surface area contributed by atoms with E-state index >= 15 is 0 Å². The number of nitrogens with zero attached hydrogens (tertiary/aromatic N) is 2. The Hall–Kier alpha value is -1.36. The van der Waals surface area contributed by atoms with Crippen molar-refractivity contribution < 1.29 is 9.90 Å². The number of aromatic nitrogens is 2. The second kappa shape index (κ2) is 4.87. The van der Waals surface area contributed by atoms with Crippen molar-refractivity contribution in [1.29, 1.82) is 0 Å². The van der Waals surface area contributed by atoms with Gasteiger partial charge in [0.1, 0.15) is 5.56 Å². The lowest BCUT2D eigenvalue weighted by atomic mass is 10.1. The number of carboxylic acid groups (broad SMARTS) is 1. The van der Waals surface area contributed by atoms with Gasteiger partial charge in [0.2, 0.25) is 0 Å². The fourth-order valence-electron chi connectivity index (χ4n) is 2.48. The van der Waals surface area contributed by atoms with Crippen LogP contribution < -0.4 is 5.32 Å². The monoisotopic (exact) mass is 237 g/mol. The molecule has 1 aliphatic carbocycles. The Bertz CT molecular complexity index is 414. The normalized spacial score (nSPS) is 24.1. The van der Waals surface area contributed by atoms with Gasteiger partial charge in [-0.25, -0.2) is 4.79 Å². The summed E-state index contributed by atoms with van der Waals surface area (Å²) in [7, 11) is 1.78. The number of nitrogens with one attached hydrogen (secondary N) is 1. The number of hydrogen-bond donors (Lipinski definition) is 2. The lowest BCUT2D eigenvalue weighted by Gasteiger charge is -2.12. The van der Waals surface area contributed by atoms with Crippen molar-refractivity contribution in [3.63, 3.8) is 0 Å². The van der Waals surface area contributed by atoms with E-state index in [2.05, 4.69) is 17.3 Å². The van der Waals surface area contributed by atoms with Crippen LogP contribution in [0.1, 0.15) is 42.2 Å². The molecular formula is C12H19N3O2. The third-order valence-electron chi connectivity index (χ3n) is 3.54. The Labute approximate surface area is 101 Å². The van der Waals surface area contributed by atoms with Crippen LogP contribution in [-0.4, -0.2) is 26.9 Å². The first-order valence-electron chi connectivity index (χ1n) is 6.05. The average Bonchev–Trinajstić information content (AvgIpc) is 2.82. The summed E-state index contributed by atoms with van der Waals surface area (Å²) >= 11 is 0. The van der Waals surface area contributed by atoms with Gasteiger partial charge < -0.3 is 10.4 Å². The van der Waals surface area contributed by atoms with Crippen molar-refractivity contribution in [2.75, 3.05) is 0 Å². The third-order valence-corrected chi connectivity index (χ3v) is 3.54. The first-order valence-corrected chi connectivity index (χ1v) is 6.05. The molecule has 1 saturated carbocycles. The van der Waals surface area contributed by atoms with Crippen molar-refractivity contribution in [2.45, 2.75) is 38.8 Å². The summed E-state index contributed by atoms with van der Waals surface area (Å²) in [6, 6.07) is 0.515. The summed E-state index contributed by atoms with van der Waals surface area (Å²) in [6.45, 7) is 2.84. The van der Waals surface area contributed by atoms with E-state index < -0.39 is 5.97 Å². The first-order chi connectivity index (χ1) is 8.08. The summed E-state index contributed by atoms with van der Waals surface area (Å²) in [6.07, 6.45) is 5.03. The van der Waals surface area contributed by atoms with Gasteiger partial charge in [-0.05, 0) is 25.2 Å². The lowest BCUT2D eigenvalue weighted by Crippen LogP contribution is -2.27. The Balaban J connectivity index is 1.99. The van der Waals surface area contributed by atoms with Crippen LogP contribution in [0.25, 0.3) is 0 Å². The zero-order valence-electron chi connectivity index (χ0n) is 10.3. The topological polar surface area (TPSA) is 67.2 Å². The zero-order valence-corrected chi connectivity index (χ0v) is 10.3. The number of carboxylic acids is 1. The van der Waals surface area contributed by atoms with Crippen molar-refractivity contribution in [2.24, 2.45) is 13.0 Å². The number of aryl methyl sites for hydroxylation is 1. The SMILES string of the molecule is CC1CCC(NCc2c(C(=O)O)cnn2C)C1. The van der Waals surface area contributed by atoms with E-state index in [-0.39, 0.29) is 0 Å². The summed E-state index contributed by atoms with van der Waals surface area (Å²) in [5, 5.41) is 16.5. The second-order valence-corrected chi connectivity index (χ2v) is 4.93. The maximum Gasteiger partial charge on any atom is 0.339 e. The summed E-state index contributed by atoms with van der Waals surface area (Å²) in [5.41, 5.74) is 1.04. The average molecular weight is 237 g/mol. The molecule has 1 aromatic heterocycles. The predicted octanol–water partition coefficient (Wildman–Crippen LogP) is 1.40.